The standard InChI is InChI=1S/C25H30N2O3/c1-18(2)27-16-22(21-7-5-4-6-8-21)25(24(27)29)17-26(13-14-30-25)23(28)15-20-11-9-19(3)10-12-20/h4-12,18,22H,13-17H2,1-3H3. The molecule has 158 valence electrons. The fraction of sp³-hybridized carbons (Fsp3) is 0.440. The number of ether oxygens (including phenoxy) is 1. The van der Waals surface area contributed by atoms with Crippen molar-refractivity contribution in [1.82, 2.24) is 9.80 Å². The molecule has 0 aromatic heterocycles. The normalized spacial score (nSPS) is 24.1. The highest BCUT2D eigenvalue weighted by Crippen LogP contribution is 2.42. The summed E-state index contributed by atoms with van der Waals surface area (Å²) in [5.41, 5.74) is 2.24. The van der Waals surface area contributed by atoms with E-state index >= 15 is 0 Å². The Morgan fingerprint density at radius 3 is 2.50 bits per heavy atom. The lowest BCUT2D eigenvalue weighted by atomic mass is 9.83. The maximum Gasteiger partial charge on any atom is 0.257 e. The highest BCUT2D eigenvalue weighted by atomic mass is 16.5. The van der Waals surface area contributed by atoms with E-state index in [4.69, 9.17) is 4.74 Å². The van der Waals surface area contributed by atoms with Gasteiger partial charge in [-0.05, 0) is 31.9 Å². The number of hydrogen-bond acceptors (Lipinski definition) is 3. The summed E-state index contributed by atoms with van der Waals surface area (Å²) in [6.45, 7) is 7.90. The number of morpholine rings is 1. The van der Waals surface area contributed by atoms with E-state index in [-0.39, 0.29) is 23.8 Å². The van der Waals surface area contributed by atoms with Gasteiger partial charge in [-0.2, -0.15) is 0 Å². The largest absolute Gasteiger partial charge is 0.361 e. The summed E-state index contributed by atoms with van der Waals surface area (Å²) in [4.78, 5) is 30.4. The smallest absolute Gasteiger partial charge is 0.257 e. The van der Waals surface area contributed by atoms with Crippen LogP contribution in [-0.4, -0.2) is 59.5 Å². The summed E-state index contributed by atoms with van der Waals surface area (Å²) >= 11 is 0. The molecule has 1 spiro atoms. The van der Waals surface area contributed by atoms with E-state index in [2.05, 4.69) is 12.1 Å². The molecule has 2 saturated heterocycles. The SMILES string of the molecule is Cc1ccc(CC(=O)N2CCOC3(C2)C(=O)N(C(C)C)CC3c2ccccc2)cc1. The maximum absolute atomic E-state index is 13.5. The first-order chi connectivity index (χ1) is 14.4. The molecule has 0 radical (unpaired) electrons. The third-order valence-electron chi connectivity index (χ3n) is 6.37. The van der Waals surface area contributed by atoms with Gasteiger partial charge >= 0.3 is 0 Å². The molecular weight excluding hydrogens is 376 g/mol. The van der Waals surface area contributed by atoms with Gasteiger partial charge in [0.15, 0.2) is 5.60 Å². The molecule has 5 heteroatoms. The van der Waals surface area contributed by atoms with Gasteiger partial charge < -0.3 is 14.5 Å². The average molecular weight is 407 g/mol. The first kappa shape index (κ1) is 20.6. The molecule has 2 aliphatic rings. The second kappa shape index (κ2) is 8.23. The number of carbonyl (C=O) groups is 2. The molecule has 4 rings (SSSR count). The van der Waals surface area contributed by atoms with Crippen molar-refractivity contribution >= 4 is 11.8 Å². The van der Waals surface area contributed by atoms with Crippen molar-refractivity contribution in [3.63, 3.8) is 0 Å². The Labute approximate surface area is 178 Å². The molecule has 2 aliphatic heterocycles. The van der Waals surface area contributed by atoms with Gasteiger partial charge in [0.2, 0.25) is 5.91 Å². The number of amides is 2. The third kappa shape index (κ3) is 3.74. The molecule has 2 amide bonds. The van der Waals surface area contributed by atoms with Crippen LogP contribution in [0, 0.1) is 6.92 Å². The minimum atomic E-state index is -1.01. The number of likely N-dealkylation sites (tertiary alicyclic amines) is 1. The lowest BCUT2D eigenvalue weighted by molar-refractivity contribution is -0.168. The Balaban J connectivity index is 1.60. The number of nitrogens with zero attached hydrogens (tertiary/aromatic N) is 2. The van der Waals surface area contributed by atoms with Gasteiger partial charge in [-0.3, -0.25) is 9.59 Å². The minimum Gasteiger partial charge on any atom is -0.361 e. The molecule has 0 saturated carbocycles. The van der Waals surface area contributed by atoms with Crippen LogP contribution < -0.4 is 0 Å². The summed E-state index contributed by atoms with van der Waals surface area (Å²) in [6.07, 6.45) is 0.342. The molecule has 30 heavy (non-hydrogen) atoms. The van der Waals surface area contributed by atoms with Crippen molar-refractivity contribution in [2.24, 2.45) is 0 Å². The van der Waals surface area contributed by atoms with E-state index in [0.29, 0.717) is 32.7 Å². The predicted molar refractivity (Wildman–Crippen MR) is 116 cm³/mol. The number of benzene rings is 2. The van der Waals surface area contributed by atoms with Crippen LogP contribution in [0.5, 0.6) is 0 Å². The fourth-order valence-electron chi connectivity index (χ4n) is 4.62. The Bertz CT molecular complexity index is 910. The molecule has 2 heterocycles. The zero-order valence-corrected chi connectivity index (χ0v) is 18.0. The Kier molecular flexibility index (Phi) is 5.65. The molecule has 0 N–H and O–H groups in total. The molecule has 0 bridgehead atoms. The Hall–Kier alpha value is -2.66. The molecule has 2 aromatic carbocycles. The predicted octanol–water partition coefficient (Wildman–Crippen LogP) is 3.17. The summed E-state index contributed by atoms with van der Waals surface area (Å²) in [5, 5.41) is 0. The molecule has 2 fully saturated rings. The molecule has 2 aromatic rings. The third-order valence-corrected chi connectivity index (χ3v) is 6.37. The van der Waals surface area contributed by atoms with Crippen molar-refractivity contribution in [1.29, 1.82) is 0 Å². The van der Waals surface area contributed by atoms with Crippen LogP contribution in [0.1, 0.15) is 36.5 Å². The van der Waals surface area contributed by atoms with Crippen LogP contribution >= 0.6 is 0 Å². The first-order valence-electron chi connectivity index (χ1n) is 10.7. The van der Waals surface area contributed by atoms with Crippen LogP contribution in [0.25, 0.3) is 0 Å². The number of rotatable bonds is 4. The summed E-state index contributed by atoms with van der Waals surface area (Å²) < 4.78 is 6.25. The van der Waals surface area contributed by atoms with Crippen LogP contribution in [-0.2, 0) is 20.7 Å². The fourth-order valence-corrected chi connectivity index (χ4v) is 4.62. The Morgan fingerprint density at radius 1 is 1.13 bits per heavy atom. The van der Waals surface area contributed by atoms with Crippen molar-refractivity contribution < 1.29 is 14.3 Å². The van der Waals surface area contributed by atoms with Gasteiger partial charge in [0, 0.05) is 25.0 Å². The molecular formula is C25H30N2O3. The first-order valence-corrected chi connectivity index (χ1v) is 10.7. The average Bonchev–Trinajstić information content (AvgIpc) is 3.02. The zero-order valence-electron chi connectivity index (χ0n) is 18.0. The van der Waals surface area contributed by atoms with Crippen molar-refractivity contribution in [3.05, 3.63) is 71.3 Å². The van der Waals surface area contributed by atoms with E-state index in [1.807, 2.05) is 73.0 Å². The quantitative estimate of drug-likeness (QED) is 0.784. The van der Waals surface area contributed by atoms with Gasteiger partial charge in [0.1, 0.15) is 0 Å². The molecule has 0 aliphatic carbocycles. The molecule has 5 nitrogen and oxygen atoms in total. The second-order valence-corrected chi connectivity index (χ2v) is 8.73. The molecule has 2 unspecified atom stereocenters. The number of aryl methyl sites for hydroxylation is 1. The van der Waals surface area contributed by atoms with Gasteiger partial charge in [-0.1, -0.05) is 60.2 Å². The van der Waals surface area contributed by atoms with E-state index in [0.717, 1.165) is 11.1 Å². The van der Waals surface area contributed by atoms with Crippen molar-refractivity contribution in [2.45, 2.75) is 44.8 Å². The molecule has 2 atom stereocenters. The van der Waals surface area contributed by atoms with E-state index in [9.17, 15) is 9.59 Å². The topological polar surface area (TPSA) is 49.9 Å². The van der Waals surface area contributed by atoms with Crippen LogP contribution in [0.15, 0.2) is 54.6 Å². The second-order valence-electron chi connectivity index (χ2n) is 8.73. The van der Waals surface area contributed by atoms with Crippen molar-refractivity contribution in [3.8, 4) is 0 Å². The van der Waals surface area contributed by atoms with E-state index < -0.39 is 5.60 Å². The van der Waals surface area contributed by atoms with Gasteiger partial charge in [-0.15, -0.1) is 0 Å². The Morgan fingerprint density at radius 2 is 1.83 bits per heavy atom. The summed E-state index contributed by atoms with van der Waals surface area (Å²) in [6, 6.07) is 18.2. The van der Waals surface area contributed by atoms with E-state index in [1.165, 1.54) is 5.56 Å². The van der Waals surface area contributed by atoms with Crippen molar-refractivity contribution in [2.75, 3.05) is 26.2 Å². The summed E-state index contributed by atoms with van der Waals surface area (Å²) in [7, 11) is 0. The highest BCUT2D eigenvalue weighted by molar-refractivity contribution is 5.91. The number of hydrogen-bond donors (Lipinski definition) is 0. The van der Waals surface area contributed by atoms with Crippen LogP contribution in [0.4, 0.5) is 0 Å². The maximum atomic E-state index is 13.5. The highest BCUT2D eigenvalue weighted by Gasteiger charge is 2.58. The van der Waals surface area contributed by atoms with E-state index in [1.54, 1.807) is 0 Å². The zero-order chi connectivity index (χ0) is 21.3. The summed E-state index contributed by atoms with van der Waals surface area (Å²) in [5.74, 6) is -0.0492. The monoisotopic (exact) mass is 406 g/mol. The van der Waals surface area contributed by atoms with Gasteiger partial charge in [-0.25, -0.2) is 0 Å². The lowest BCUT2D eigenvalue weighted by Crippen LogP contribution is -2.60. The van der Waals surface area contributed by atoms with Gasteiger partial charge in [0.25, 0.3) is 5.91 Å². The lowest BCUT2D eigenvalue weighted by Gasteiger charge is -2.42. The van der Waals surface area contributed by atoms with Crippen LogP contribution in [0.2, 0.25) is 0 Å². The minimum absolute atomic E-state index is 0.000751. The van der Waals surface area contributed by atoms with Crippen LogP contribution in [0.3, 0.4) is 0 Å². The van der Waals surface area contributed by atoms with Gasteiger partial charge in [0.05, 0.1) is 19.6 Å². The number of carbonyl (C=O) groups excluding carboxylic acids is 2.